The van der Waals surface area contributed by atoms with Crippen LogP contribution in [0, 0.1) is 0 Å². The van der Waals surface area contributed by atoms with Crippen LogP contribution in [0.5, 0.6) is 5.75 Å². The Labute approximate surface area is 189 Å². The molecule has 0 atom stereocenters. The molecule has 1 N–H and O–H groups in total. The molecule has 31 heavy (non-hydrogen) atoms. The van der Waals surface area contributed by atoms with E-state index in [1.165, 1.54) is 24.2 Å². The van der Waals surface area contributed by atoms with Crippen LogP contribution in [-0.4, -0.2) is 58.3 Å². The maximum absolute atomic E-state index is 12.4. The Balaban J connectivity index is 1.47. The van der Waals surface area contributed by atoms with E-state index in [-0.39, 0.29) is 13.2 Å². The number of benzene rings is 2. The van der Waals surface area contributed by atoms with Crippen LogP contribution in [0.25, 0.3) is 0 Å². The number of hydrogen-bond acceptors (Lipinski definition) is 5. The number of carbonyl (C=O) groups excluding carboxylic acids is 1. The van der Waals surface area contributed by atoms with Crippen molar-refractivity contribution in [2.24, 2.45) is 0 Å². The van der Waals surface area contributed by atoms with Gasteiger partial charge < -0.3 is 14.5 Å². The lowest BCUT2D eigenvalue weighted by atomic mass is 10.1. The van der Waals surface area contributed by atoms with E-state index in [9.17, 15) is 13.2 Å². The molecule has 1 amide bonds. The van der Waals surface area contributed by atoms with Crippen molar-refractivity contribution in [2.45, 2.75) is 19.3 Å². The van der Waals surface area contributed by atoms with Crippen LogP contribution < -0.4 is 14.4 Å². The summed E-state index contributed by atoms with van der Waals surface area (Å²) in [5, 5.41) is 0.558. The number of amides is 1. The average Bonchev–Trinajstić information content (AvgIpc) is 2.74. The third-order valence-corrected chi connectivity index (χ3v) is 6.50. The maximum Gasteiger partial charge on any atom is 0.241 e. The van der Waals surface area contributed by atoms with E-state index in [1.54, 1.807) is 43.4 Å². The van der Waals surface area contributed by atoms with E-state index >= 15 is 0 Å². The molecule has 2 aromatic carbocycles. The summed E-state index contributed by atoms with van der Waals surface area (Å²) in [7, 11) is -2.26. The van der Waals surface area contributed by atoms with Gasteiger partial charge in [0.25, 0.3) is 0 Å². The molecule has 0 aromatic heterocycles. The molecule has 168 valence electrons. The van der Waals surface area contributed by atoms with Gasteiger partial charge in [-0.05, 0) is 61.7 Å². The normalized spacial score (nSPS) is 14.2. The maximum atomic E-state index is 12.4. The van der Waals surface area contributed by atoms with Crippen molar-refractivity contribution in [3.63, 3.8) is 0 Å². The summed E-state index contributed by atoms with van der Waals surface area (Å²) >= 11 is 5.90. The number of anilines is 2. The molecule has 0 spiro atoms. The standard InChI is InChI=1S/C22H28ClN3O4S/c1-25(14-15-30-21-7-5-6-18(23)16-21)22(27)17-31(28,29)24-19-8-10-20(11-9-19)26-12-3-2-4-13-26/h5-11,16,24H,2-4,12-15,17H2,1H3. The van der Waals surface area contributed by atoms with Crippen LogP contribution in [0.15, 0.2) is 48.5 Å². The molecule has 3 rings (SSSR count). The molecule has 1 heterocycles. The molecule has 1 aliphatic heterocycles. The molecule has 2 aromatic rings. The summed E-state index contributed by atoms with van der Waals surface area (Å²) in [5.41, 5.74) is 1.53. The van der Waals surface area contributed by atoms with Gasteiger partial charge in [0.15, 0.2) is 0 Å². The number of likely N-dealkylation sites (N-methyl/N-ethyl adjacent to an activating group) is 1. The van der Waals surface area contributed by atoms with Gasteiger partial charge in [0, 0.05) is 36.5 Å². The van der Waals surface area contributed by atoms with Gasteiger partial charge in [-0.2, -0.15) is 0 Å². The van der Waals surface area contributed by atoms with Crippen LogP contribution in [0.4, 0.5) is 11.4 Å². The third-order valence-electron chi connectivity index (χ3n) is 5.09. The Kier molecular flexibility index (Phi) is 8.03. The van der Waals surface area contributed by atoms with E-state index in [2.05, 4.69) is 9.62 Å². The molecule has 0 unspecified atom stereocenters. The second kappa shape index (κ2) is 10.7. The average molecular weight is 466 g/mol. The van der Waals surface area contributed by atoms with Gasteiger partial charge in [0.2, 0.25) is 15.9 Å². The Morgan fingerprint density at radius 3 is 2.52 bits per heavy atom. The number of halogens is 1. The zero-order valence-electron chi connectivity index (χ0n) is 17.6. The summed E-state index contributed by atoms with van der Waals surface area (Å²) in [6.07, 6.45) is 3.60. The minimum Gasteiger partial charge on any atom is -0.492 e. The zero-order chi connectivity index (χ0) is 22.3. The topological polar surface area (TPSA) is 78.9 Å². The van der Waals surface area contributed by atoms with Gasteiger partial charge in [0.05, 0.1) is 6.54 Å². The lowest BCUT2D eigenvalue weighted by Crippen LogP contribution is -2.37. The number of piperidine rings is 1. The fourth-order valence-electron chi connectivity index (χ4n) is 3.36. The highest BCUT2D eigenvalue weighted by Crippen LogP contribution is 2.22. The molecule has 0 radical (unpaired) electrons. The van der Waals surface area contributed by atoms with Crippen molar-refractivity contribution >= 4 is 38.9 Å². The van der Waals surface area contributed by atoms with Crippen LogP contribution in [0.2, 0.25) is 5.02 Å². The second-order valence-electron chi connectivity index (χ2n) is 7.58. The first-order chi connectivity index (χ1) is 14.8. The number of nitrogens with zero attached hydrogens (tertiary/aromatic N) is 2. The lowest BCUT2D eigenvalue weighted by molar-refractivity contribution is -0.127. The van der Waals surface area contributed by atoms with E-state index in [0.29, 0.717) is 16.5 Å². The van der Waals surface area contributed by atoms with Crippen molar-refractivity contribution in [1.82, 2.24) is 4.90 Å². The van der Waals surface area contributed by atoms with Crippen LogP contribution in [-0.2, 0) is 14.8 Å². The van der Waals surface area contributed by atoms with Gasteiger partial charge in [-0.25, -0.2) is 8.42 Å². The summed E-state index contributed by atoms with van der Waals surface area (Å²) in [6, 6.07) is 14.2. The molecule has 0 bridgehead atoms. The zero-order valence-corrected chi connectivity index (χ0v) is 19.2. The van der Waals surface area contributed by atoms with E-state index < -0.39 is 21.7 Å². The van der Waals surface area contributed by atoms with Crippen molar-refractivity contribution < 1.29 is 17.9 Å². The van der Waals surface area contributed by atoms with Gasteiger partial charge in [0.1, 0.15) is 18.1 Å². The summed E-state index contributed by atoms with van der Waals surface area (Å²) < 4.78 is 32.9. The molecular weight excluding hydrogens is 438 g/mol. The van der Waals surface area contributed by atoms with Gasteiger partial charge in [-0.3, -0.25) is 9.52 Å². The smallest absolute Gasteiger partial charge is 0.241 e. The van der Waals surface area contributed by atoms with Crippen molar-refractivity contribution in [1.29, 1.82) is 0 Å². The number of carbonyl (C=O) groups is 1. The minimum atomic E-state index is -3.81. The predicted octanol–water partition coefficient (Wildman–Crippen LogP) is 3.61. The Morgan fingerprint density at radius 1 is 1.13 bits per heavy atom. The molecule has 7 nitrogen and oxygen atoms in total. The quantitative estimate of drug-likeness (QED) is 0.612. The Hall–Kier alpha value is -2.45. The second-order valence-corrected chi connectivity index (χ2v) is 9.74. The van der Waals surface area contributed by atoms with E-state index in [4.69, 9.17) is 16.3 Å². The van der Waals surface area contributed by atoms with Crippen molar-refractivity contribution in [3.05, 3.63) is 53.6 Å². The summed E-state index contributed by atoms with van der Waals surface area (Å²) in [5.74, 6) is -0.545. The number of ether oxygens (including phenoxy) is 1. The van der Waals surface area contributed by atoms with Gasteiger partial charge >= 0.3 is 0 Å². The first-order valence-corrected chi connectivity index (χ1v) is 12.3. The minimum absolute atomic E-state index is 0.230. The SMILES string of the molecule is CN(CCOc1cccc(Cl)c1)C(=O)CS(=O)(=O)Nc1ccc(N2CCCCC2)cc1. The van der Waals surface area contributed by atoms with Crippen LogP contribution >= 0.6 is 11.6 Å². The van der Waals surface area contributed by atoms with Gasteiger partial charge in [-0.15, -0.1) is 0 Å². The summed E-state index contributed by atoms with van der Waals surface area (Å²) in [6.45, 7) is 2.53. The van der Waals surface area contributed by atoms with Crippen molar-refractivity contribution in [3.8, 4) is 5.75 Å². The van der Waals surface area contributed by atoms with E-state index in [1.807, 2.05) is 12.1 Å². The highest BCUT2D eigenvalue weighted by Gasteiger charge is 2.20. The monoisotopic (exact) mass is 465 g/mol. The predicted molar refractivity (Wildman–Crippen MR) is 124 cm³/mol. The highest BCUT2D eigenvalue weighted by molar-refractivity contribution is 7.93. The van der Waals surface area contributed by atoms with E-state index in [0.717, 1.165) is 18.8 Å². The Bertz CT molecular complexity index is 977. The first kappa shape index (κ1) is 23.2. The number of rotatable bonds is 9. The lowest BCUT2D eigenvalue weighted by Gasteiger charge is -2.28. The van der Waals surface area contributed by atoms with Crippen molar-refractivity contribution in [2.75, 3.05) is 48.7 Å². The first-order valence-electron chi connectivity index (χ1n) is 10.3. The number of sulfonamides is 1. The number of hydrogen-bond donors (Lipinski definition) is 1. The fourth-order valence-corrected chi connectivity index (χ4v) is 4.66. The molecule has 0 aliphatic carbocycles. The number of nitrogens with one attached hydrogen (secondary N) is 1. The molecule has 9 heteroatoms. The van der Waals surface area contributed by atoms with Crippen LogP contribution in [0.3, 0.4) is 0 Å². The van der Waals surface area contributed by atoms with Crippen LogP contribution in [0.1, 0.15) is 19.3 Å². The molecule has 1 saturated heterocycles. The third kappa shape index (κ3) is 7.33. The molecule has 1 fully saturated rings. The molecular formula is C22H28ClN3O4S. The summed E-state index contributed by atoms with van der Waals surface area (Å²) in [4.78, 5) is 16.0. The molecule has 0 saturated carbocycles. The van der Waals surface area contributed by atoms with Gasteiger partial charge in [-0.1, -0.05) is 17.7 Å². The fraction of sp³-hybridized carbons (Fsp3) is 0.409. The molecule has 1 aliphatic rings. The highest BCUT2D eigenvalue weighted by atomic mass is 35.5. The Morgan fingerprint density at radius 2 is 1.84 bits per heavy atom. The largest absolute Gasteiger partial charge is 0.492 e.